The van der Waals surface area contributed by atoms with Gasteiger partial charge in [-0.15, -0.1) is 0 Å². The van der Waals surface area contributed by atoms with Gasteiger partial charge in [-0.05, 0) is 6.42 Å². The first kappa shape index (κ1) is 11.4. The number of nitrogens with zero attached hydrogens (tertiary/aromatic N) is 2. The SMILES string of the molecule is Nc1c(CN2CCCC2=O)cccc1[N+](=O)[O-]. The third-order valence-electron chi connectivity index (χ3n) is 2.90. The van der Waals surface area contributed by atoms with Crippen LogP contribution in [0.1, 0.15) is 18.4 Å². The van der Waals surface area contributed by atoms with Gasteiger partial charge in [0.05, 0.1) is 4.92 Å². The Bertz CT molecular complexity index is 473. The maximum Gasteiger partial charge on any atom is 0.292 e. The zero-order valence-electron chi connectivity index (χ0n) is 9.26. The van der Waals surface area contributed by atoms with Crippen LogP contribution >= 0.6 is 0 Å². The lowest BCUT2D eigenvalue weighted by Gasteiger charge is -2.16. The Morgan fingerprint density at radius 2 is 2.24 bits per heavy atom. The third kappa shape index (κ3) is 2.20. The Morgan fingerprint density at radius 1 is 1.47 bits per heavy atom. The molecule has 6 nitrogen and oxygen atoms in total. The summed E-state index contributed by atoms with van der Waals surface area (Å²) in [5.74, 6) is 0.0795. The average Bonchev–Trinajstić information content (AvgIpc) is 2.67. The fraction of sp³-hybridized carbons (Fsp3) is 0.364. The monoisotopic (exact) mass is 235 g/mol. The Hall–Kier alpha value is -2.11. The molecule has 6 heteroatoms. The summed E-state index contributed by atoms with van der Waals surface area (Å²) >= 11 is 0. The van der Waals surface area contributed by atoms with Crippen molar-refractivity contribution in [2.45, 2.75) is 19.4 Å². The number of hydrogen-bond acceptors (Lipinski definition) is 4. The molecule has 1 saturated heterocycles. The Balaban J connectivity index is 2.24. The largest absolute Gasteiger partial charge is 0.393 e. The molecule has 0 unspecified atom stereocenters. The Morgan fingerprint density at radius 3 is 2.82 bits per heavy atom. The van der Waals surface area contributed by atoms with Crippen LogP contribution < -0.4 is 5.73 Å². The fourth-order valence-corrected chi connectivity index (χ4v) is 1.97. The molecule has 17 heavy (non-hydrogen) atoms. The normalized spacial score (nSPS) is 15.3. The summed E-state index contributed by atoms with van der Waals surface area (Å²) in [5.41, 5.74) is 6.41. The van der Waals surface area contributed by atoms with Crippen molar-refractivity contribution >= 4 is 17.3 Å². The van der Waals surface area contributed by atoms with Crippen molar-refractivity contribution in [1.82, 2.24) is 4.90 Å². The number of para-hydroxylation sites is 1. The summed E-state index contributed by atoms with van der Waals surface area (Å²) in [4.78, 5) is 23.3. The molecule has 1 heterocycles. The minimum atomic E-state index is -0.509. The van der Waals surface area contributed by atoms with Crippen LogP contribution in [0.3, 0.4) is 0 Å². The molecule has 1 fully saturated rings. The molecular formula is C11H13N3O3. The molecule has 0 saturated carbocycles. The Labute approximate surface area is 98.2 Å². The molecule has 0 bridgehead atoms. The van der Waals surface area contributed by atoms with Gasteiger partial charge in [0, 0.05) is 31.1 Å². The van der Waals surface area contributed by atoms with Crippen molar-refractivity contribution < 1.29 is 9.72 Å². The average molecular weight is 235 g/mol. The first-order valence-corrected chi connectivity index (χ1v) is 5.39. The highest BCUT2D eigenvalue weighted by atomic mass is 16.6. The van der Waals surface area contributed by atoms with Gasteiger partial charge in [0.1, 0.15) is 5.69 Å². The quantitative estimate of drug-likeness (QED) is 0.485. The first-order valence-electron chi connectivity index (χ1n) is 5.39. The molecule has 1 aliphatic heterocycles. The van der Waals surface area contributed by atoms with Gasteiger partial charge in [0.2, 0.25) is 5.91 Å². The van der Waals surface area contributed by atoms with Crippen LogP contribution in [-0.4, -0.2) is 22.3 Å². The van der Waals surface area contributed by atoms with E-state index in [0.29, 0.717) is 25.1 Å². The van der Waals surface area contributed by atoms with Gasteiger partial charge in [-0.1, -0.05) is 12.1 Å². The van der Waals surface area contributed by atoms with Crippen molar-refractivity contribution in [2.75, 3.05) is 12.3 Å². The second-order valence-electron chi connectivity index (χ2n) is 4.03. The predicted molar refractivity (Wildman–Crippen MR) is 62.2 cm³/mol. The summed E-state index contributed by atoms with van der Waals surface area (Å²) in [7, 11) is 0. The van der Waals surface area contributed by atoms with Crippen LogP contribution in [0.15, 0.2) is 18.2 Å². The zero-order chi connectivity index (χ0) is 12.4. The van der Waals surface area contributed by atoms with E-state index in [-0.39, 0.29) is 17.3 Å². The lowest BCUT2D eigenvalue weighted by Crippen LogP contribution is -2.24. The van der Waals surface area contributed by atoms with Gasteiger partial charge in [0.15, 0.2) is 0 Å². The molecule has 2 N–H and O–H groups in total. The molecular weight excluding hydrogens is 222 g/mol. The molecule has 0 aromatic heterocycles. The van der Waals surface area contributed by atoms with Crippen molar-refractivity contribution in [3.8, 4) is 0 Å². The highest BCUT2D eigenvalue weighted by molar-refractivity contribution is 5.78. The smallest absolute Gasteiger partial charge is 0.292 e. The second-order valence-corrected chi connectivity index (χ2v) is 4.03. The number of carbonyl (C=O) groups excluding carboxylic acids is 1. The summed E-state index contributed by atoms with van der Waals surface area (Å²) in [6.45, 7) is 1.05. The summed E-state index contributed by atoms with van der Waals surface area (Å²) in [6.07, 6.45) is 1.39. The van der Waals surface area contributed by atoms with E-state index in [9.17, 15) is 14.9 Å². The number of hydrogen-bond donors (Lipinski definition) is 1. The molecule has 0 radical (unpaired) electrons. The zero-order valence-corrected chi connectivity index (χ0v) is 9.26. The van der Waals surface area contributed by atoms with Crippen LogP contribution in [0.4, 0.5) is 11.4 Å². The lowest BCUT2D eigenvalue weighted by molar-refractivity contribution is -0.384. The second kappa shape index (κ2) is 4.40. The van der Waals surface area contributed by atoms with E-state index in [2.05, 4.69) is 0 Å². The van der Waals surface area contributed by atoms with Crippen LogP contribution in [0.25, 0.3) is 0 Å². The number of carbonyl (C=O) groups is 1. The third-order valence-corrected chi connectivity index (χ3v) is 2.90. The Kier molecular flexibility index (Phi) is 2.95. The number of amides is 1. The van der Waals surface area contributed by atoms with Gasteiger partial charge in [-0.25, -0.2) is 0 Å². The highest BCUT2D eigenvalue weighted by Crippen LogP contribution is 2.26. The molecule has 1 amide bonds. The van der Waals surface area contributed by atoms with Crippen molar-refractivity contribution in [3.63, 3.8) is 0 Å². The number of rotatable bonds is 3. The van der Waals surface area contributed by atoms with Gasteiger partial charge in [-0.3, -0.25) is 14.9 Å². The standard InChI is InChI=1S/C11H13N3O3/c12-11-8(3-1-4-9(11)14(16)17)7-13-6-2-5-10(13)15/h1,3-4H,2,5-7,12H2. The number of likely N-dealkylation sites (tertiary alicyclic amines) is 1. The fourth-order valence-electron chi connectivity index (χ4n) is 1.97. The lowest BCUT2D eigenvalue weighted by atomic mass is 10.1. The van der Waals surface area contributed by atoms with Crippen molar-refractivity contribution in [2.24, 2.45) is 0 Å². The van der Waals surface area contributed by atoms with Crippen LogP contribution in [0.5, 0.6) is 0 Å². The van der Waals surface area contributed by atoms with E-state index in [1.54, 1.807) is 17.0 Å². The highest BCUT2D eigenvalue weighted by Gasteiger charge is 2.22. The van der Waals surface area contributed by atoms with Gasteiger partial charge >= 0.3 is 0 Å². The van der Waals surface area contributed by atoms with Crippen LogP contribution in [-0.2, 0) is 11.3 Å². The summed E-state index contributed by atoms with van der Waals surface area (Å²) < 4.78 is 0. The number of nitro groups is 1. The molecule has 90 valence electrons. The minimum Gasteiger partial charge on any atom is -0.393 e. The topological polar surface area (TPSA) is 89.5 Å². The molecule has 1 aromatic carbocycles. The van der Waals surface area contributed by atoms with Crippen LogP contribution in [0.2, 0.25) is 0 Å². The van der Waals surface area contributed by atoms with E-state index in [1.807, 2.05) is 0 Å². The number of nitrogen functional groups attached to an aromatic ring is 1. The van der Waals surface area contributed by atoms with E-state index in [4.69, 9.17) is 5.73 Å². The first-order chi connectivity index (χ1) is 8.09. The van der Waals surface area contributed by atoms with Gasteiger partial charge < -0.3 is 10.6 Å². The van der Waals surface area contributed by atoms with Crippen LogP contribution in [0, 0.1) is 10.1 Å². The molecule has 1 aliphatic rings. The van der Waals surface area contributed by atoms with E-state index >= 15 is 0 Å². The summed E-state index contributed by atoms with van der Waals surface area (Å²) in [5, 5.41) is 10.7. The number of anilines is 1. The van der Waals surface area contributed by atoms with Crippen molar-refractivity contribution in [3.05, 3.63) is 33.9 Å². The predicted octanol–water partition coefficient (Wildman–Crippen LogP) is 1.30. The molecule has 0 spiro atoms. The van der Waals surface area contributed by atoms with Gasteiger partial charge in [0.25, 0.3) is 5.69 Å². The molecule has 1 aromatic rings. The number of nitrogens with two attached hydrogens (primary N) is 1. The van der Waals surface area contributed by atoms with Gasteiger partial charge in [-0.2, -0.15) is 0 Å². The number of benzene rings is 1. The van der Waals surface area contributed by atoms with Crippen molar-refractivity contribution in [1.29, 1.82) is 0 Å². The molecule has 0 atom stereocenters. The number of nitro benzene ring substituents is 1. The van der Waals surface area contributed by atoms with E-state index in [0.717, 1.165) is 6.42 Å². The maximum atomic E-state index is 11.5. The van der Waals surface area contributed by atoms with E-state index in [1.165, 1.54) is 6.07 Å². The van der Waals surface area contributed by atoms with E-state index < -0.39 is 4.92 Å². The maximum absolute atomic E-state index is 11.5. The molecule has 2 rings (SSSR count). The molecule has 0 aliphatic carbocycles. The minimum absolute atomic E-state index is 0.0795. The summed E-state index contributed by atoms with van der Waals surface area (Å²) in [6, 6.07) is 4.67.